The van der Waals surface area contributed by atoms with Gasteiger partial charge in [0.15, 0.2) is 0 Å². The molecule has 20 heavy (non-hydrogen) atoms. The van der Waals surface area contributed by atoms with Crippen LogP contribution in [0.25, 0.3) is 22.4 Å². The SMILES string of the molecule is Nc1onc(-c2ccc(Cl)c(Br)c2)c1-c1cccnc1. The zero-order valence-corrected chi connectivity index (χ0v) is 12.5. The molecule has 0 saturated heterocycles. The van der Waals surface area contributed by atoms with E-state index in [1.807, 2.05) is 24.3 Å². The van der Waals surface area contributed by atoms with E-state index in [1.165, 1.54) is 0 Å². The average Bonchev–Trinajstić information content (AvgIpc) is 2.85. The maximum absolute atomic E-state index is 6.00. The lowest BCUT2D eigenvalue weighted by Crippen LogP contribution is -1.88. The number of aromatic nitrogens is 2. The molecule has 0 bridgehead atoms. The van der Waals surface area contributed by atoms with Crippen LogP contribution in [0, 0.1) is 0 Å². The van der Waals surface area contributed by atoms with Crippen LogP contribution in [0.5, 0.6) is 0 Å². The summed E-state index contributed by atoms with van der Waals surface area (Å²) in [6.07, 6.45) is 3.42. The Hall–Kier alpha value is -1.85. The fourth-order valence-corrected chi connectivity index (χ4v) is 2.43. The van der Waals surface area contributed by atoms with Gasteiger partial charge in [-0.25, -0.2) is 0 Å². The van der Waals surface area contributed by atoms with Crippen LogP contribution >= 0.6 is 27.5 Å². The Bertz CT molecular complexity index is 758. The van der Waals surface area contributed by atoms with Crippen LogP contribution in [0.15, 0.2) is 51.7 Å². The van der Waals surface area contributed by atoms with E-state index in [9.17, 15) is 0 Å². The van der Waals surface area contributed by atoms with Crippen molar-refractivity contribution in [2.24, 2.45) is 0 Å². The number of anilines is 1. The molecular weight excluding hydrogens is 342 g/mol. The molecule has 2 heterocycles. The maximum Gasteiger partial charge on any atom is 0.230 e. The average molecular weight is 351 g/mol. The van der Waals surface area contributed by atoms with Crippen LogP contribution in [0.4, 0.5) is 5.88 Å². The minimum atomic E-state index is 0.263. The van der Waals surface area contributed by atoms with Crippen molar-refractivity contribution < 1.29 is 4.52 Å². The van der Waals surface area contributed by atoms with Gasteiger partial charge in [0.2, 0.25) is 5.88 Å². The number of hydrogen-bond acceptors (Lipinski definition) is 4. The molecule has 0 amide bonds. The van der Waals surface area contributed by atoms with Crippen molar-refractivity contribution in [2.45, 2.75) is 0 Å². The zero-order chi connectivity index (χ0) is 14.1. The molecule has 100 valence electrons. The van der Waals surface area contributed by atoms with Crippen LogP contribution in [0.1, 0.15) is 0 Å². The topological polar surface area (TPSA) is 64.9 Å². The summed E-state index contributed by atoms with van der Waals surface area (Å²) in [4.78, 5) is 4.09. The molecule has 6 heteroatoms. The number of pyridine rings is 1. The third-order valence-corrected chi connectivity index (χ3v) is 4.08. The lowest BCUT2D eigenvalue weighted by atomic mass is 10.0. The summed E-state index contributed by atoms with van der Waals surface area (Å²) in [6.45, 7) is 0. The van der Waals surface area contributed by atoms with Gasteiger partial charge in [-0.15, -0.1) is 0 Å². The number of hydrogen-bond donors (Lipinski definition) is 1. The van der Waals surface area contributed by atoms with E-state index < -0.39 is 0 Å². The summed E-state index contributed by atoms with van der Waals surface area (Å²) >= 11 is 9.40. The second-order valence-corrected chi connectivity index (χ2v) is 5.40. The van der Waals surface area contributed by atoms with Gasteiger partial charge in [0.05, 0.1) is 10.6 Å². The predicted octanol–water partition coefficient (Wildman–Crippen LogP) is 4.40. The first-order valence-electron chi connectivity index (χ1n) is 5.78. The smallest absolute Gasteiger partial charge is 0.230 e. The van der Waals surface area contributed by atoms with Gasteiger partial charge in [0, 0.05) is 28.0 Å². The van der Waals surface area contributed by atoms with Crippen molar-refractivity contribution >= 4 is 33.4 Å². The van der Waals surface area contributed by atoms with Crippen molar-refractivity contribution in [1.82, 2.24) is 10.1 Å². The number of nitrogens with two attached hydrogens (primary N) is 1. The number of benzene rings is 1. The minimum Gasteiger partial charge on any atom is -0.367 e. The summed E-state index contributed by atoms with van der Waals surface area (Å²) in [5, 5.41) is 4.67. The normalized spacial score (nSPS) is 10.7. The van der Waals surface area contributed by atoms with Gasteiger partial charge >= 0.3 is 0 Å². The summed E-state index contributed by atoms with van der Waals surface area (Å²) in [6, 6.07) is 9.27. The van der Waals surface area contributed by atoms with Gasteiger partial charge in [-0.2, -0.15) is 0 Å². The summed E-state index contributed by atoms with van der Waals surface area (Å²) < 4.78 is 5.91. The first kappa shape index (κ1) is 13.1. The monoisotopic (exact) mass is 349 g/mol. The Morgan fingerprint density at radius 2 is 2.05 bits per heavy atom. The summed E-state index contributed by atoms with van der Waals surface area (Å²) in [7, 11) is 0. The first-order chi connectivity index (χ1) is 9.66. The number of rotatable bonds is 2. The molecule has 2 N–H and O–H groups in total. The molecule has 0 aliphatic carbocycles. The van der Waals surface area contributed by atoms with Gasteiger partial charge in [0.25, 0.3) is 0 Å². The highest BCUT2D eigenvalue weighted by atomic mass is 79.9. The molecule has 3 rings (SSSR count). The Kier molecular flexibility index (Phi) is 3.46. The lowest BCUT2D eigenvalue weighted by molar-refractivity contribution is 0.439. The van der Waals surface area contributed by atoms with Crippen LogP contribution in [0.3, 0.4) is 0 Å². The molecule has 4 nitrogen and oxygen atoms in total. The Balaban J connectivity index is 2.18. The van der Waals surface area contributed by atoms with Crippen molar-refractivity contribution in [1.29, 1.82) is 0 Å². The fourth-order valence-electron chi connectivity index (χ4n) is 1.93. The highest BCUT2D eigenvalue weighted by molar-refractivity contribution is 9.10. The number of nitrogen functional groups attached to an aromatic ring is 1. The molecule has 1 aromatic carbocycles. The second kappa shape index (κ2) is 5.26. The quantitative estimate of drug-likeness (QED) is 0.744. The Morgan fingerprint density at radius 1 is 1.20 bits per heavy atom. The molecule has 0 radical (unpaired) electrons. The van der Waals surface area contributed by atoms with Gasteiger partial charge in [-0.1, -0.05) is 28.9 Å². The Morgan fingerprint density at radius 3 is 2.75 bits per heavy atom. The third-order valence-electron chi connectivity index (χ3n) is 2.86. The van der Waals surface area contributed by atoms with E-state index in [0.717, 1.165) is 21.2 Å². The highest BCUT2D eigenvalue weighted by Crippen LogP contribution is 2.37. The van der Waals surface area contributed by atoms with Crippen LogP contribution in [-0.2, 0) is 0 Å². The molecule has 0 saturated carbocycles. The van der Waals surface area contributed by atoms with E-state index in [0.29, 0.717) is 10.7 Å². The molecule has 0 spiro atoms. The van der Waals surface area contributed by atoms with Crippen molar-refractivity contribution in [3.63, 3.8) is 0 Å². The molecule has 0 aliphatic rings. The highest BCUT2D eigenvalue weighted by Gasteiger charge is 2.18. The van der Waals surface area contributed by atoms with Crippen LogP contribution in [-0.4, -0.2) is 10.1 Å². The van der Waals surface area contributed by atoms with E-state index in [2.05, 4.69) is 26.1 Å². The van der Waals surface area contributed by atoms with Crippen LogP contribution in [0.2, 0.25) is 5.02 Å². The number of halogens is 2. The van der Waals surface area contributed by atoms with Gasteiger partial charge in [-0.3, -0.25) is 4.98 Å². The van der Waals surface area contributed by atoms with E-state index in [1.54, 1.807) is 18.5 Å². The first-order valence-corrected chi connectivity index (χ1v) is 6.95. The van der Waals surface area contributed by atoms with Crippen molar-refractivity contribution in [2.75, 3.05) is 5.73 Å². The molecular formula is C14H9BrClN3O. The van der Waals surface area contributed by atoms with Crippen molar-refractivity contribution in [3.8, 4) is 22.4 Å². The largest absolute Gasteiger partial charge is 0.367 e. The van der Waals surface area contributed by atoms with E-state index in [-0.39, 0.29) is 5.88 Å². The van der Waals surface area contributed by atoms with Gasteiger partial charge in [0.1, 0.15) is 5.69 Å². The lowest BCUT2D eigenvalue weighted by Gasteiger charge is -2.03. The fraction of sp³-hybridized carbons (Fsp3) is 0. The minimum absolute atomic E-state index is 0.263. The molecule has 0 fully saturated rings. The standard InChI is InChI=1S/C14H9BrClN3O/c15-10-6-8(3-4-11(10)16)13-12(14(17)20-19-13)9-2-1-5-18-7-9/h1-7H,17H2. The molecule has 0 aliphatic heterocycles. The van der Waals surface area contributed by atoms with Crippen molar-refractivity contribution in [3.05, 3.63) is 52.2 Å². The van der Waals surface area contributed by atoms with E-state index in [4.69, 9.17) is 21.9 Å². The zero-order valence-electron chi connectivity index (χ0n) is 10.2. The Labute approximate surface area is 128 Å². The number of nitrogens with zero attached hydrogens (tertiary/aromatic N) is 2. The molecule has 2 aromatic heterocycles. The third kappa shape index (κ3) is 2.30. The summed E-state index contributed by atoms with van der Waals surface area (Å²) in [5.41, 5.74) is 8.99. The summed E-state index contributed by atoms with van der Waals surface area (Å²) in [5.74, 6) is 0.263. The second-order valence-electron chi connectivity index (χ2n) is 4.14. The maximum atomic E-state index is 6.00. The van der Waals surface area contributed by atoms with Gasteiger partial charge < -0.3 is 10.3 Å². The van der Waals surface area contributed by atoms with Gasteiger partial charge in [-0.05, 0) is 34.1 Å². The molecule has 0 unspecified atom stereocenters. The van der Waals surface area contributed by atoms with Crippen LogP contribution < -0.4 is 5.73 Å². The molecule has 0 atom stereocenters. The van der Waals surface area contributed by atoms with E-state index >= 15 is 0 Å². The molecule has 3 aromatic rings. The predicted molar refractivity (Wildman–Crippen MR) is 82.3 cm³/mol.